The van der Waals surface area contributed by atoms with E-state index in [9.17, 15) is 13.2 Å². The number of alkyl halides is 3. The molecule has 15 heavy (non-hydrogen) atoms. The molecule has 1 aromatic rings. The van der Waals surface area contributed by atoms with Crippen molar-refractivity contribution >= 4 is 16.5 Å². The summed E-state index contributed by atoms with van der Waals surface area (Å²) in [4.78, 5) is 0. The molecule has 0 aliphatic rings. The Bertz CT molecular complexity index is 334. The average molecular weight is 237 g/mol. The van der Waals surface area contributed by atoms with Crippen LogP contribution >= 0.6 is 11.3 Å². The van der Waals surface area contributed by atoms with Crippen LogP contribution in [0.2, 0.25) is 0 Å². The Morgan fingerprint density at radius 3 is 2.67 bits per heavy atom. The summed E-state index contributed by atoms with van der Waals surface area (Å²) in [6.45, 7) is 5.36. The number of aromatic nitrogens is 2. The molecule has 1 atom stereocenters. The van der Waals surface area contributed by atoms with Crippen LogP contribution in [0.5, 0.6) is 0 Å². The number of halogens is 3. The molecular formula is C8H10F3N3S. The van der Waals surface area contributed by atoms with Crippen LogP contribution in [0.3, 0.4) is 0 Å². The van der Waals surface area contributed by atoms with Crippen LogP contribution in [0, 0.1) is 0 Å². The van der Waals surface area contributed by atoms with E-state index in [1.54, 1.807) is 6.08 Å². The van der Waals surface area contributed by atoms with E-state index in [2.05, 4.69) is 22.1 Å². The van der Waals surface area contributed by atoms with Crippen molar-refractivity contribution in [2.75, 3.05) is 5.32 Å². The minimum atomic E-state index is -4.42. The predicted molar refractivity (Wildman–Crippen MR) is 52.8 cm³/mol. The molecule has 1 rings (SSSR count). The van der Waals surface area contributed by atoms with Crippen LogP contribution in [-0.2, 0) is 6.18 Å². The maximum absolute atomic E-state index is 12.2. The molecule has 0 amide bonds. The molecule has 3 nitrogen and oxygen atoms in total. The van der Waals surface area contributed by atoms with Gasteiger partial charge in [0.25, 0.3) is 0 Å². The highest BCUT2D eigenvalue weighted by Crippen LogP contribution is 2.33. The van der Waals surface area contributed by atoms with Gasteiger partial charge in [0.05, 0.1) is 0 Å². The lowest BCUT2D eigenvalue weighted by Gasteiger charge is -2.08. The monoisotopic (exact) mass is 237 g/mol. The molecule has 84 valence electrons. The average Bonchev–Trinajstić information content (AvgIpc) is 2.52. The molecular weight excluding hydrogens is 227 g/mol. The normalized spacial score (nSPS) is 13.6. The second-order valence-corrected chi connectivity index (χ2v) is 3.96. The third-order valence-electron chi connectivity index (χ3n) is 1.56. The topological polar surface area (TPSA) is 37.8 Å². The van der Waals surface area contributed by atoms with Gasteiger partial charge in [0.1, 0.15) is 0 Å². The summed E-state index contributed by atoms with van der Waals surface area (Å²) in [7, 11) is 0. The Morgan fingerprint density at radius 2 is 2.20 bits per heavy atom. The number of hydrogen-bond acceptors (Lipinski definition) is 4. The lowest BCUT2D eigenvalue weighted by atomic mass is 10.2. The van der Waals surface area contributed by atoms with Gasteiger partial charge in [-0.15, -0.1) is 16.8 Å². The van der Waals surface area contributed by atoms with Crippen molar-refractivity contribution < 1.29 is 13.2 Å². The maximum Gasteiger partial charge on any atom is 0.445 e. The molecule has 1 unspecified atom stereocenters. The third-order valence-corrected chi connectivity index (χ3v) is 2.46. The first-order valence-corrected chi connectivity index (χ1v) is 5.03. The van der Waals surface area contributed by atoms with E-state index >= 15 is 0 Å². The fourth-order valence-electron chi connectivity index (χ4n) is 0.916. The highest BCUT2D eigenvalue weighted by molar-refractivity contribution is 7.15. The van der Waals surface area contributed by atoms with Gasteiger partial charge in [-0.1, -0.05) is 17.4 Å². The zero-order valence-electron chi connectivity index (χ0n) is 8.01. The molecule has 0 aliphatic heterocycles. The molecule has 0 saturated carbocycles. The molecule has 0 spiro atoms. The summed E-state index contributed by atoms with van der Waals surface area (Å²) in [6, 6.07) is -0.00321. The van der Waals surface area contributed by atoms with Crippen molar-refractivity contribution in [2.24, 2.45) is 0 Å². The van der Waals surface area contributed by atoms with Gasteiger partial charge in [0, 0.05) is 6.04 Å². The van der Waals surface area contributed by atoms with E-state index in [4.69, 9.17) is 0 Å². The van der Waals surface area contributed by atoms with Crippen LogP contribution in [-0.4, -0.2) is 16.2 Å². The largest absolute Gasteiger partial charge is 0.445 e. The predicted octanol–water partition coefficient (Wildman–Crippen LogP) is 2.93. The Labute approximate surface area is 89.0 Å². The van der Waals surface area contributed by atoms with Gasteiger partial charge in [-0.2, -0.15) is 13.2 Å². The fourth-order valence-corrected chi connectivity index (χ4v) is 1.64. The van der Waals surface area contributed by atoms with Crippen molar-refractivity contribution in [1.29, 1.82) is 0 Å². The van der Waals surface area contributed by atoms with Gasteiger partial charge in [-0.25, -0.2) is 0 Å². The SMILES string of the molecule is C=CCC(C)Nc1nnc(C(F)(F)F)s1. The standard InChI is InChI=1S/C8H10F3N3S/c1-3-4-5(2)12-7-14-13-6(15-7)8(9,10)11/h3,5H,1,4H2,2H3,(H,12,14). The quantitative estimate of drug-likeness (QED) is 0.818. The highest BCUT2D eigenvalue weighted by atomic mass is 32.1. The van der Waals surface area contributed by atoms with Crippen LogP contribution in [0.15, 0.2) is 12.7 Å². The van der Waals surface area contributed by atoms with Crippen LogP contribution in [0.4, 0.5) is 18.3 Å². The van der Waals surface area contributed by atoms with E-state index in [1.807, 2.05) is 6.92 Å². The summed E-state index contributed by atoms with van der Waals surface area (Å²) in [5.41, 5.74) is 0. The van der Waals surface area contributed by atoms with Crippen molar-refractivity contribution in [2.45, 2.75) is 25.6 Å². The van der Waals surface area contributed by atoms with Gasteiger partial charge >= 0.3 is 6.18 Å². The highest BCUT2D eigenvalue weighted by Gasteiger charge is 2.35. The molecule has 1 heterocycles. The van der Waals surface area contributed by atoms with Gasteiger partial charge < -0.3 is 5.32 Å². The first-order valence-electron chi connectivity index (χ1n) is 4.21. The summed E-state index contributed by atoms with van der Waals surface area (Å²) < 4.78 is 36.5. The minimum Gasteiger partial charge on any atom is -0.357 e. The lowest BCUT2D eigenvalue weighted by Crippen LogP contribution is -2.13. The van der Waals surface area contributed by atoms with Gasteiger partial charge in [0.15, 0.2) is 0 Å². The zero-order chi connectivity index (χ0) is 11.5. The molecule has 7 heteroatoms. The van der Waals surface area contributed by atoms with Gasteiger partial charge in [-0.3, -0.25) is 0 Å². The first-order chi connectivity index (χ1) is 6.93. The minimum absolute atomic E-state index is 0.00321. The van der Waals surface area contributed by atoms with Crippen molar-refractivity contribution in [3.05, 3.63) is 17.7 Å². The Hall–Kier alpha value is -1.11. The zero-order valence-corrected chi connectivity index (χ0v) is 8.82. The Balaban J connectivity index is 2.64. The second kappa shape index (κ2) is 4.61. The van der Waals surface area contributed by atoms with E-state index in [1.165, 1.54) is 0 Å². The molecule has 1 aromatic heterocycles. The number of nitrogens with zero attached hydrogens (tertiary/aromatic N) is 2. The molecule has 0 radical (unpaired) electrons. The molecule has 0 saturated heterocycles. The van der Waals surface area contributed by atoms with E-state index in [0.29, 0.717) is 17.8 Å². The first kappa shape index (κ1) is 12.0. The summed E-state index contributed by atoms with van der Waals surface area (Å²) in [5.74, 6) is 0. The second-order valence-electron chi connectivity index (χ2n) is 2.98. The van der Waals surface area contributed by atoms with Crippen LogP contribution in [0.25, 0.3) is 0 Å². The van der Waals surface area contributed by atoms with Crippen molar-refractivity contribution in [1.82, 2.24) is 10.2 Å². The fraction of sp³-hybridized carbons (Fsp3) is 0.500. The number of anilines is 1. The van der Waals surface area contributed by atoms with E-state index < -0.39 is 11.2 Å². The van der Waals surface area contributed by atoms with Gasteiger partial charge in [-0.05, 0) is 13.3 Å². The molecule has 0 aromatic carbocycles. The van der Waals surface area contributed by atoms with Crippen molar-refractivity contribution in [3.8, 4) is 0 Å². The summed E-state index contributed by atoms with van der Waals surface area (Å²) >= 11 is 0.501. The lowest BCUT2D eigenvalue weighted by molar-refractivity contribution is -0.138. The smallest absolute Gasteiger partial charge is 0.357 e. The van der Waals surface area contributed by atoms with E-state index in [0.717, 1.165) is 0 Å². The molecule has 1 N–H and O–H groups in total. The Kier molecular flexibility index (Phi) is 3.67. The number of nitrogens with one attached hydrogen (secondary N) is 1. The summed E-state index contributed by atoms with van der Waals surface area (Å²) in [6.07, 6.45) is -2.08. The summed E-state index contributed by atoms with van der Waals surface area (Å²) in [5, 5.41) is 8.52. The molecule has 0 bridgehead atoms. The van der Waals surface area contributed by atoms with E-state index in [-0.39, 0.29) is 11.2 Å². The number of hydrogen-bond donors (Lipinski definition) is 1. The van der Waals surface area contributed by atoms with Crippen molar-refractivity contribution in [3.63, 3.8) is 0 Å². The third kappa shape index (κ3) is 3.50. The van der Waals surface area contributed by atoms with Crippen LogP contribution < -0.4 is 5.32 Å². The number of rotatable bonds is 4. The maximum atomic E-state index is 12.2. The van der Waals surface area contributed by atoms with Gasteiger partial charge in [0.2, 0.25) is 10.1 Å². The molecule has 0 aliphatic carbocycles. The molecule has 0 fully saturated rings. The Morgan fingerprint density at radius 1 is 1.53 bits per heavy atom. The van der Waals surface area contributed by atoms with Crippen LogP contribution in [0.1, 0.15) is 18.4 Å².